The second kappa shape index (κ2) is 6.19. The van der Waals surface area contributed by atoms with Crippen LogP contribution in [0.3, 0.4) is 0 Å². The largest absolute Gasteiger partial charge is 0.351 e. The molecule has 3 aromatic rings. The summed E-state index contributed by atoms with van der Waals surface area (Å²) in [5.41, 5.74) is 1.47. The number of para-hydroxylation sites is 1. The van der Waals surface area contributed by atoms with Crippen molar-refractivity contribution in [3.05, 3.63) is 47.4 Å². The number of benzene rings is 1. The first kappa shape index (κ1) is 14.6. The van der Waals surface area contributed by atoms with Gasteiger partial charge in [-0.1, -0.05) is 28.9 Å². The van der Waals surface area contributed by atoms with Crippen molar-refractivity contribution in [2.24, 2.45) is 7.05 Å². The Bertz CT molecular complexity index is 794. The zero-order valence-electron chi connectivity index (χ0n) is 12.2. The Morgan fingerprint density at radius 2 is 2.27 bits per heavy atom. The summed E-state index contributed by atoms with van der Waals surface area (Å²) in [6.45, 7) is 1.30. The van der Waals surface area contributed by atoms with Crippen LogP contribution in [-0.4, -0.2) is 32.0 Å². The van der Waals surface area contributed by atoms with E-state index in [2.05, 4.69) is 15.6 Å². The number of carbonyl (C=O) groups is 1. The Balaban J connectivity index is 1.65. The molecule has 0 unspecified atom stereocenters. The summed E-state index contributed by atoms with van der Waals surface area (Å²) in [5.74, 6) is -0.103. The molecular formula is C15H16ClN5O. The number of hydrogen-bond acceptors (Lipinski definition) is 3. The second-order valence-corrected chi connectivity index (χ2v) is 5.45. The maximum Gasteiger partial charge on any atom is 0.267 e. The Hall–Kier alpha value is -2.34. The summed E-state index contributed by atoms with van der Waals surface area (Å²) in [7, 11) is 1.85. The molecule has 0 aliphatic rings. The van der Waals surface area contributed by atoms with E-state index >= 15 is 0 Å². The lowest BCUT2D eigenvalue weighted by Crippen LogP contribution is -2.27. The average molecular weight is 318 g/mol. The van der Waals surface area contributed by atoms with E-state index in [1.165, 1.54) is 0 Å². The average Bonchev–Trinajstić information content (AvgIpc) is 3.12. The van der Waals surface area contributed by atoms with Gasteiger partial charge in [-0.15, -0.1) is 5.10 Å². The Kier molecular flexibility index (Phi) is 4.11. The molecular weight excluding hydrogens is 302 g/mol. The highest BCUT2D eigenvalue weighted by molar-refractivity contribution is 6.35. The summed E-state index contributed by atoms with van der Waals surface area (Å²) < 4.78 is 3.56. The van der Waals surface area contributed by atoms with Crippen LogP contribution in [0, 0.1) is 0 Å². The van der Waals surface area contributed by atoms with Crippen LogP contribution in [0.25, 0.3) is 10.9 Å². The minimum Gasteiger partial charge on any atom is -0.351 e. The summed E-state index contributed by atoms with van der Waals surface area (Å²) in [6.07, 6.45) is 4.23. The van der Waals surface area contributed by atoms with Crippen molar-refractivity contribution in [1.29, 1.82) is 0 Å². The highest BCUT2D eigenvalue weighted by atomic mass is 35.5. The molecule has 2 heterocycles. The molecule has 7 heteroatoms. The van der Waals surface area contributed by atoms with Gasteiger partial charge < -0.3 is 9.88 Å². The number of fused-ring (bicyclic) bond motifs is 1. The predicted molar refractivity (Wildman–Crippen MR) is 84.9 cm³/mol. The van der Waals surface area contributed by atoms with E-state index in [4.69, 9.17) is 11.6 Å². The van der Waals surface area contributed by atoms with Crippen molar-refractivity contribution in [2.45, 2.75) is 13.0 Å². The van der Waals surface area contributed by atoms with Gasteiger partial charge in [0.1, 0.15) is 5.69 Å². The predicted octanol–water partition coefficient (Wildman–Crippen LogP) is 2.24. The first-order valence-electron chi connectivity index (χ1n) is 7.03. The molecule has 1 N–H and O–H groups in total. The minimum atomic E-state index is -0.103. The molecule has 0 fully saturated rings. The van der Waals surface area contributed by atoms with E-state index in [0.717, 1.165) is 23.9 Å². The summed E-state index contributed by atoms with van der Waals surface area (Å²) in [6, 6.07) is 7.50. The van der Waals surface area contributed by atoms with Gasteiger partial charge in [-0.3, -0.25) is 9.48 Å². The quantitative estimate of drug-likeness (QED) is 0.734. The molecule has 6 nitrogen and oxygen atoms in total. The fraction of sp³-hybridized carbons (Fsp3) is 0.267. The minimum absolute atomic E-state index is 0.103. The van der Waals surface area contributed by atoms with Crippen LogP contribution in [0.2, 0.25) is 5.02 Å². The lowest BCUT2D eigenvalue weighted by molar-refractivity contribution is 0.0945. The highest BCUT2D eigenvalue weighted by Crippen LogP contribution is 2.25. The fourth-order valence-electron chi connectivity index (χ4n) is 2.47. The molecule has 0 saturated carbocycles. The third-order valence-corrected chi connectivity index (χ3v) is 3.87. The van der Waals surface area contributed by atoms with Crippen molar-refractivity contribution in [3.8, 4) is 0 Å². The monoisotopic (exact) mass is 317 g/mol. The van der Waals surface area contributed by atoms with Crippen molar-refractivity contribution in [2.75, 3.05) is 6.54 Å². The van der Waals surface area contributed by atoms with Crippen LogP contribution >= 0.6 is 11.6 Å². The van der Waals surface area contributed by atoms with Crippen molar-refractivity contribution in [1.82, 2.24) is 24.9 Å². The Morgan fingerprint density at radius 1 is 1.41 bits per heavy atom. The van der Waals surface area contributed by atoms with Gasteiger partial charge in [0.25, 0.3) is 5.91 Å². The second-order valence-electron chi connectivity index (χ2n) is 5.04. The van der Waals surface area contributed by atoms with Gasteiger partial charge >= 0.3 is 0 Å². The number of carbonyl (C=O) groups excluding carboxylic acids is 1. The molecule has 0 bridgehead atoms. The smallest absolute Gasteiger partial charge is 0.267 e. The van der Waals surface area contributed by atoms with Gasteiger partial charge in [0.15, 0.2) is 0 Å². The van der Waals surface area contributed by atoms with E-state index in [-0.39, 0.29) is 5.91 Å². The number of nitrogens with one attached hydrogen (secondary N) is 1. The SMILES string of the molecule is Cn1c(C(=O)NCCCn2ccnn2)cc2cccc(Cl)c21. The highest BCUT2D eigenvalue weighted by Gasteiger charge is 2.14. The van der Waals surface area contributed by atoms with Gasteiger partial charge in [0.05, 0.1) is 16.7 Å². The molecule has 1 aromatic carbocycles. The number of nitrogens with zero attached hydrogens (tertiary/aromatic N) is 4. The third-order valence-electron chi connectivity index (χ3n) is 3.56. The zero-order chi connectivity index (χ0) is 15.5. The Labute approximate surface area is 132 Å². The van der Waals surface area contributed by atoms with E-state index in [1.807, 2.05) is 35.9 Å². The van der Waals surface area contributed by atoms with Crippen LogP contribution in [0.1, 0.15) is 16.9 Å². The molecule has 0 saturated heterocycles. The van der Waals surface area contributed by atoms with Gasteiger partial charge in [0.2, 0.25) is 0 Å². The van der Waals surface area contributed by atoms with Crippen LogP contribution in [-0.2, 0) is 13.6 Å². The van der Waals surface area contributed by atoms with Crippen molar-refractivity contribution < 1.29 is 4.79 Å². The topological polar surface area (TPSA) is 64.7 Å². The number of halogens is 1. The zero-order valence-corrected chi connectivity index (χ0v) is 12.9. The van der Waals surface area contributed by atoms with Crippen molar-refractivity contribution in [3.63, 3.8) is 0 Å². The maximum atomic E-state index is 12.3. The number of amides is 1. The molecule has 0 aliphatic heterocycles. The van der Waals surface area contributed by atoms with Gasteiger partial charge in [-0.25, -0.2) is 0 Å². The van der Waals surface area contributed by atoms with Crippen molar-refractivity contribution >= 4 is 28.4 Å². The lowest BCUT2D eigenvalue weighted by Gasteiger charge is -2.07. The molecule has 1 amide bonds. The first-order valence-corrected chi connectivity index (χ1v) is 7.41. The van der Waals surface area contributed by atoms with Crippen LogP contribution in [0.5, 0.6) is 0 Å². The van der Waals surface area contributed by atoms with Gasteiger partial charge in [-0.05, 0) is 18.6 Å². The molecule has 0 atom stereocenters. The number of aromatic nitrogens is 4. The molecule has 0 aliphatic carbocycles. The standard InChI is InChI=1S/C15H16ClN5O/c1-20-13(10-11-4-2-5-12(16)14(11)20)15(22)17-6-3-8-21-9-7-18-19-21/h2,4-5,7,9-10H,3,6,8H2,1H3,(H,17,22). The number of aryl methyl sites for hydroxylation is 2. The molecule has 22 heavy (non-hydrogen) atoms. The maximum absolute atomic E-state index is 12.3. The van der Waals surface area contributed by atoms with Crippen LogP contribution in [0.15, 0.2) is 36.7 Å². The molecule has 0 spiro atoms. The Morgan fingerprint density at radius 3 is 3.00 bits per heavy atom. The lowest BCUT2D eigenvalue weighted by atomic mass is 10.2. The van der Waals surface area contributed by atoms with Gasteiger partial charge in [-0.2, -0.15) is 0 Å². The summed E-state index contributed by atoms with van der Waals surface area (Å²) in [5, 5.41) is 12.1. The molecule has 3 rings (SSSR count). The summed E-state index contributed by atoms with van der Waals surface area (Å²) in [4.78, 5) is 12.3. The van der Waals surface area contributed by atoms with E-state index in [9.17, 15) is 4.79 Å². The fourth-order valence-corrected chi connectivity index (χ4v) is 2.78. The van der Waals surface area contributed by atoms with E-state index in [1.54, 1.807) is 17.1 Å². The van der Waals surface area contributed by atoms with E-state index in [0.29, 0.717) is 17.3 Å². The number of hydrogen-bond donors (Lipinski definition) is 1. The third kappa shape index (κ3) is 2.82. The van der Waals surface area contributed by atoms with Crippen LogP contribution in [0.4, 0.5) is 0 Å². The first-order chi connectivity index (χ1) is 10.7. The molecule has 0 radical (unpaired) electrons. The summed E-state index contributed by atoms with van der Waals surface area (Å²) >= 11 is 6.20. The normalized spacial score (nSPS) is 11.0. The molecule has 114 valence electrons. The van der Waals surface area contributed by atoms with Gasteiger partial charge in [0, 0.05) is 31.7 Å². The van der Waals surface area contributed by atoms with E-state index < -0.39 is 0 Å². The molecule has 2 aromatic heterocycles. The number of rotatable bonds is 5. The van der Waals surface area contributed by atoms with Crippen LogP contribution < -0.4 is 5.32 Å².